The van der Waals surface area contributed by atoms with Crippen LogP contribution in [0.15, 0.2) is 48.8 Å². The predicted molar refractivity (Wildman–Crippen MR) is 97.1 cm³/mol. The van der Waals surface area contributed by atoms with Crippen molar-refractivity contribution >= 4 is 23.0 Å². The summed E-state index contributed by atoms with van der Waals surface area (Å²) in [5.74, 6) is 0. The fraction of sp³-hybridized carbons (Fsp3) is 0.333. The fourth-order valence-electron chi connectivity index (χ4n) is 2.23. The van der Waals surface area contributed by atoms with Crippen LogP contribution in [0.2, 0.25) is 0 Å². The highest BCUT2D eigenvalue weighted by Gasteiger charge is 2.06. The second kappa shape index (κ2) is 8.49. The number of nitrogens with one attached hydrogen (secondary N) is 2. The van der Waals surface area contributed by atoms with Crippen LogP contribution >= 0.6 is 12.2 Å². The highest BCUT2D eigenvalue weighted by atomic mass is 32.1. The zero-order chi connectivity index (χ0) is 15.8. The lowest BCUT2D eigenvalue weighted by Crippen LogP contribution is -2.30. The summed E-state index contributed by atoms with van der Waals surface area (Å²) >= 11 is 5.38. The van der Waals surface area contributed by atoms with Gasteiger partial charge in [-0.25, -0.2) is 0 Å². The molecule has 0 fully saturated rings. The van der Waals surface area contributed by atoms with E-state index in [0.29, 0.717) is 5.11 Å². The lowest BCUT2D eigenvalue weighted by Gasteiger charge is -2.17. The lowest BCUT2D eigenvalue weighted by molar-refractivity contribution is 0.721. The van der Waals surface area contributed by atoms with Crippen LogP contribution in [0.3, 0.4) is 0 Å². The van der Waals surface area contributed by atoms with Gasteiger partial charge in [0.15, 0.2) is 5.11 Å². The highest BCUT2D eigenvalue weighted by Crippen LogP contribution is 2.13. The Morgan fingerprint density at radius 2 is 1.82 bits per heavy atom. The minimum atomic E-state index is 0.145. The summed E-state index contributed by atoms with van der Waals surface area (Å²) in [7, 11) is 0. The number of nitrogens with zero attached hydrogens (tertiary/aromatic N) is 1. The Bertz CT molecular complexity index is 581. The van der Waals surface area contributed by atoms with Crippen molar-refractivity contribution < 1.29 is 0 Å². The largest absolute Gasteiger partial charge is 0.356 e. The van der Waals surface area contributed by atoms with E-state index in [1.54, 1.807) is 12.4 Å². The number of aromatic nitrogens is 1. The van der Waals surface area contributed by atoms with E-state index >= 15 is 0 Å². The molecule has 1 heterocycles. The highest BCUT2D eigenvalue weighted by molar-refractivity contribution is 7.80. The molecule has 1 atom stereocenters. The molecule has 0 spiro atoms. The Kier molecular flexibility index (Phi) is 6.34. The zero-order valence-electron chi connectivity index (χ0n) is 13.2. The Balaban J connectivity index is 1.86. The molecule has 0 unspecified atom stereocenters. The maximum atomic E-state index is 5.38. The van der Waals surface area contributed by atoms with Gasteiger partial charge in [-0.2, -0.15) is 0 Å². The van der Waals surface area contributed by atoms with E-state index in [1.807, 2.05) is 12.1 Å². The van der Waals surface area contributed by atoms with E-state index in [9.17, 15) is 0 Å². The molecule has 3 nitrogen and oxygen atoms in total. The monoisotopic (exact) mass is 313 g/mol. The average molecular weight is 313 g/mol. The zero-order valence-corrected chi connectivity index (χ0v) is 14.0. The van der Waals surface area contributed by atoms with Crippen LogP contribution < -0.4 is 10.6 Å². The molecule has 0 amide bonds. The minimum absolute atomic E-state index is 0.145. The maximum Gasteiger partial charge on any atom is 0.171 e. The van der Waals surface area contributed by atoms with E-state index in [0.717, 1.165) is 17.7 Å². The predicted octanol–water partition coefficient (Wildman–Crippen LogP) is 4.47. The molecule has 2 aromatic rings. The number of pyridine rings is 1. The summed E-state index contributed by atoms with van der Waals surface area (Å²) in [6, 6.07) is 12.6. The van der Waals surface area contributed by atoms with Gasteiger partial charge in [-0.05, 0) is 67.4 Å². The van der Waals surface area contributed by atoms with Crippen LogP contribution in [0.5, 0.6) is 0 Å². The van der Waals surface area contributed by atoms with Gasteiger partial charge in [-0.3, -0.25) is 4.98 Å². The SMILES string of the molecule is CCCCc1ccc(NC(=S)N[C@H](C)c2ccncc2)cc1. The van der Waals surface area contributed by atoms with Crippen molar-refractivity contribution in [2.75, 3.05) is 5.32 Å². The van der Waals surface area contributed by atoms with E-state index in [4.69, 9.17) is 12.2 Å². The van der Waals surface area contributed by atoms with E-state index < -0.39 is 0 Å². The maximum absolute atomic E-state index is 5.38. The average Bonchev–Trinajstić information content (AvgIpc) is 2.55. The standard InChI is InChI=1S/C18H23N3S/c1-3-4-5-15-6-8-17(9-7-15)21-18(22)20-14(2)16-10-12-19-13-11-16/h6-14H,3-5H2,1-2H3,(H2,20,21,22)/t14-/m1/s1. The first-order valence-electron chi connectivity index (χ1n) is 7.75. The van der Waals surface area contributed by atoms with Crippen LogP contribution in [0.25, 0.3) is 0 Å². The number of unbranched alkanes of at least 4 members (excludes halogenated alkanes) is 1. The molecule has 0 saturated carbocycles. The van der Waals surface area contributed by atoms with Crippen molar-refractivity contribution in [3.05, 3.63) is 59.9 Å². The van der Waals surface area contributed by atoms with Gasteiger partial charge in [-0.15, -0.1) is 0 Å². The summed E-state index contributed by atoms with van der Waals surface area (Å²) in [5, 5.41) is 7.15. The number of anilines is 1. The Morgan fingerprint density at radius 1 is 1.14 bits per heavy atom. The van der Waals surface area contributed by atoms with Crippen molar-refractivity contribution in [1.82, 2.24) is 10.3 Å². The topological polar surface area (TPSA) is 37.0 Å². The summed E-state index contributed by atoms with van der Waals surface area (Å²) in [4.78, 5) is 4.03. The Morgan fingerprint density at radius 3 is 2.45 bits per heavy atom. The fourth-order valence-corrected chi connectivity index (χ4v) is 2.53. The molecule has 0 aliphatic rings. The summed E-state index contributed by atoms with van der Waals surface area (Å²) < 4.78 is 0. The second-order valence-electron chi connectivity index (χ2n) is 5.40. The number of benzene rings is 1. The second-order valence-corrected chi connectivity index (χ2v) is 5.81. The minimum Gasteiger partial charge on any atom is -0.356 e. The molecule has 116 valence electrons. The molecular formula is C18H23N3S. The number of thiocarbonyl (C=S) groups is 1. The molecule has 1 aromatic heterocycles. The van der Waals surface area contributed by atoms with Crippen LogP contribution in [0.1, 0.15) is 43.9 Å². The summed E-state index contributed by atoms with van der Waals surface area (Å²) in [6.07, 6.45) is 7.17. The molecule has 0 saturated heterocycles. The van der Waals surface area contributed by atoms with E-state index in [-0.39, 0.29) is 6.04 Å². The normalized spacial score (nSPS) is 11.7. The number of hydrogen-bond donors (Lipinski definition) is 2. The Hall–Kier alpha value is -1.94. The van der Waals surface area contributed by atoms with Crippen molar-refractivity contribution in [2.24, 2.45) is 0 Å². The van der Waals surface area contributed by atoms with Crippen molar-refractivity contribution in [3.8, 4) is 0 Å². The third-order valence-electron chi connectivity index (χ3n) is 3.58. The molecule has 0 aliphatic carbocycles. The van der Waals surface area contributed by atoms with Gasteiger partial charge < -0.3 is 10.6 Å². The van der Waals surface area contributed by atoms with Gasteiger partial charge in [0.1, 0.15) is 0 Å². The first kappa shape index (κ1) is 16.4. The quantitative estimate of drug-likeness (QED) is 0.771. The van der Waals surface area contributed by atoms with Crippen LogP contribution in [-0.4, -0.2) is 10.1 Å². The van der Waals surface area contributed by atoms with Crippen molar-refractivity contribution in [2.45, 2.75) is 39.2 Å². The van der Waals surface area contributed by atoms with Crippen LogP contribution in [0, 0.1) is 0 Å². The van der Waals surface area contributed by atoms with Gasteiger partial charge in [0.05, 0.1) is 6.04 Å². The summed E-state index contributed by atoms with van der Waals surface area (Å²) in [5.41, 5.74) is 3.55. The lowest BCUT2D eigenvalue weighted by atomic mass is 10.1. The Labute approximate surface area is 138 Å². The number of hydrogen-bond acceptors (Lipinski definition) is 2. The van der Waals surface area contributed by atoms with Gasteiger partial charge in [0, 0.05) is 18.1 Å². The van der Waals surface area contributed by atoms with Crippen molar-refractivity contribution in [3.63, 3.8) is 0 Å². The van der Waals surface area contributed by atoms with Gasteiger partial charge >= 0.3 is 0 Å². The molecule has 22 heavy (non-hydrogen) atoms. The third-order valence-corrected chi connectivity index (χ3v) is 3.80. The van der Waals surface area contributed by atoms with Crippen LogP contribution in [0.4, 0.5) is 5.69 Å². The smallest absolute Gasteiger partial charge is 0.171 e. The molecule has 0 bridgehead atoms. The molecule has 2 rings (SSSR count). The van der Waals surface area contributed by atoms with Gasteiger partial charge in [0.2, 0.25) is 0 Å². The van der Waals surface area contributed by atoms with Crippen molar-refractivity contribution in [1.29, 1.82) is 0 Å². The molecule has 0 aliphatic heterocycles. The molecule has 4 heteroatoms. The molecule has 0 radical (unpaired) electrons. The third kappa shape index (κ3) is 5.11. The first-order valence-corrected chi connectivity index (χ1v) is 8.16. The first-order chi connectivity index (χ1) is 10.7. The van der Waals surface area contributed by atoms with Gasteiger partial charge in [0.25, 0.3) is 0 Å². The van der Waals surface area contributed by atoms with E-state index in [1.165, 1.54) is 18.4 Å². The number of aryl methyl sites for hydroxylation is 1. The van der Waals surface area contributed by atoms with E-state index in [2.05, 4.69) is 53.7 Å². The van der Waals surface area contributed by atoms with Gasteiger partial charge in [-0.1, -0.05) is 25.5 Å². The molecule has 2 N–H and O–H groups in total. The summed E-state index contributed by atoms with van der Waals surface area (Å²) in [6.45, 7) is 4.29. The van der Waals surface area contributed by atoms with Crippen LogP contribution in [-0.2, 0) is 6.42 Å². The molecule has 1 aromatic carbocycles. The molecular weight excluding hydrogens is 290 g/mol. The number of rotatable bonds is 6.